The highest BCUT2D eigenvalue weighted by molar-refractivity contribution is 5.67. The number of carbonyl (C=O) groups excluding carboxylic acids is 1. The number of ether oxygens (including phenoxy) is 1. The average Bonchev–Trinajstić information content (AvgIpc) is 2.82. The number of benzene rings is 2. The fourth-order valence-corrected chi connectivity index (χ4v) is 2.68. The first-order chi connectivity index (χ1) is 14.7. The zero-order valence-electron chi connectivity index (χ0n) is 20.1. The molecule has 0 aromatic heterocycles. The molecule has 0 aliphatic rings. The van der Waals surface area contributed by atoms with E-state index in [0.717, 1.165) is 38.4 Å². The Balaban J connectivity index is -0.00000103. The van der Waals surface area contributed by atoms with E-state index in [1.54, 1.807) is 0 Å². The molecule has 0 fully saturated rings. The minimum Gasteiger partial charge on any atom is -0.446 e. The SMILES string of the molecule is CC.CC.CCCC[C@@H](Cc1ccccc1C)OC(=O)NCc1ccccc1.CO.[HH]. The Morgan fingerprint density at radius 3 is 2.13 bits per heavy atom. The lowest BCUT2D eigenvalue weighted by Gasteiger charge is -2.19. The summed E-state index contributed by atoms with van der Waals surface area (Å²) < 4.78 is 5.68. The zero-order chi connectivity index (χ0) is 23.2. The van der Waals surface area contributed by atoms with Crippen molar-refractivity contribution in [3.8, 4) is 0 Å². The Bertz CT molecular complexity index is 636. The van der Waals surface area contributed by atoms with Gasteiger partial charge in [-0.1, -0.05) is 102 Å². The Hall–Kier alpha value is -2.33. The number of aliphatic hydroxyl groups excluding tert-OH is 1. The summed E-state index contributed by atoms with van der Waals surface area (Å²) in [5, 5.41) is 9.85. The van der Waals surface area contributed by atoms with Crippen molar-refractivity contribution < 1.29 is 16.1 Å². The third-order valence-electron chi connectivity index (χ3n) is 4.14. The monoisotopic (exact) mass is 419 g/mol. The Labute approximate surface area is 186 Å². The van der Waals surface area contributed by atoms with Gasteiger partial charge in [0.2, 0.25) is 0 Å². The van der Waals surface area contributed by atoms with Crippen LogP contribution < -0.4 is 5.32 Å². The van der Waals surface area contributed by atoms with Gasteiger partial charge in [0.05, 0.1) is 0 Å². The van der Waals surface area contributed by atoms with Gasteiger partial charge in [0, 0.05) is 21.5 Å². The van der Waals surface area contributed by atoms with E-state index >= 15 is 0 Å². The number of rotatable bonds is 8. The molecule has 0 saturated carbocycles. The molecule has 0 aliphatic carbocycles. The van der Waals surface area contributed by atoms with E-state index in [-0.39, 0.29) is 13.6 Å². The maximum Gasteiger partial charge on any atom is 0.407 e. The molecule has 0 bridgehead atoms. The minimum atomic E-state index is -0.339. The first-order valence-corrected chi connectivity index (χ1v) is 11.2. The molecule has 2 rings (SSSR count). The van der Waals surface area contributed by atoms with E-state index in [2.05, 4.69) is 31.3 Å². The van der Waals surface area contributed by atoms with Crippen molar-refractivity contribution in [3.05, 3.63) is 71.3 Å². The smallest absolute Gasteiger partial charge is 0.407 e. The molecule has 4 heteroatoms. The van der Waals surface area contributed by atoms with Crippen molar-refractivity contribution in [2.24, 2.45) is 0 Å². The van der Waals surface area contributed by atoms with Crippen molar-refractivity contribution in [1.29, 1.82) is 0 Å². The lowest BCUT2D eigenvalue weighted by molar-refractivity contribution is 0.0907. The number of carbonyl (C=O) groups is 1. The Morgan fingerprint density at radius 1 is 1.00 bits per heavy atom. The molecule has 0 spiro atoms. The predicted molar refractivity (Wildman–Crippen MR) is 131 cm³/mol. The van der Waals surface area contributed by atoms with Crippen molar-refractivity contribution in [1.82, 2.24) is 5.32 Å². The van der Waals surface area contributed by atoms with Gasteiger partial charge in [0.1, 0.15) is 6.10 Å². The van der Waals surface area contributed by atoms with Gasteiger partial charge in [0.15, 0.2) is 0 Å². The second kappa shape index (κ2) is 21.4. The number of hydrogen-bond donors (Lipinski definition) is 2. The molecule has 2 aromatic carbocycles. The van der Waals surface area contributed by atoms with Crippen LogP contribution in [0.1, 0.15) is 72.0 Å². The number of nitrogens with one attached hydrogen (secondary N) is 1. The minimum absolute atomic E-state index is 0. The van der Waals surface area contributed by atoms with Gasteiger partial charge in [0.25, 0.3) is 0 Å². The quantitative estimate of drug-likeness (QED) is 0.488. The summed E-state index contributed by atoms with van der Waals surface area (Å²) in [5.41, 5.74) is 3.56. The molecule has 1 amide bonds. The lowest BCUT2D eigenvalue weighted by atomic mass is 9.99. The normalized spacial score (nSPS) is 10.0. The fraction of sp³-hybridized carbons (Fsp3) is 0.500. The number of alkyl carbamates (subject to hydrolysis) is 1. The standard InChI is InChI=1S/C21H27NO2.2C2H6.CH4O.H2/c1-3-4-14-20(15-19-13-9-8-10-17(19)2)24-21(23)22-16-18-11-6-5-7-12-18;3*1-2;/h5-13,20H,3-4,14-16H2,1-2H3,(H,22,23);2*1-2H3;2H,1H3;1H/t20-;;;;/m0..../s1. The summed E-state index contributed by atoms with van der Waals surface area (Å²) >= 11 is 0. The third kappa shape index (κ3) is 13.8. The van der Waals surface area contributed by atoms with Gasteiger partial charge in [-0.05, 0) is 30.0 Å². The molecule has 172 valence electrons. The first kappa shape index (κ1) is 29.9. The molecule has 2 N–H and O–H groups in total. The van der Waals surface area contributed by atoms with Crippen LogP contribution in [-0.2, 0) is 17.7 Å². The molecule has 2 aromatic rings. The maximum absolute atomic E-state index is 12.1. The van der Waals surface area contributed by atoms with Gasteiger partial charge < -0.3 is 15.2 Å². The molecule has 0 heterocycles. The first-order valence-electron chi connectivity index (χ1n) is 11.2. The Morgan fingerprint density at radius 2 is 1.57 bits per heavy atom. The van der Waals surface area contributed by atoms with Crippen LogP contribution in [0.4, 0.5) is 4.79 Å². The topological polar surface area (TPSA) is 58.6 Å². The fourth-order valence-electron chi connectivity index (χ4n) is 2.68. The van der Waals surface area contributed by atoms with E-state index in [1.165, 1.54) is 11.1 Å². The summed E-state index contributed by atoms with van der Waals surface area (Å²) in [4.78, 5) is 12.1. The average molecular weight is 420 g/mol. The van der Waals surface area contributed by atoms with E-state index in [0.29, 0.717) is 6.54 Å². The lowest BCUT2D eigenvalue weighted by Crippen LogP contribution is -2.30. The van der Waals surface area contributed by atoms with E-state index in [9.17, 15) is 4.79 Å². The van der Waals surface area contributed by atoms with Gasteiger partial charge in [-0.2, -0.15) is 0 Å². The summed E-state index contributed by atoms with van der Waals surface area (Å²) in [6, 6.07) is 18.1. The largest absolute Gasteiger partial charge is 0.446 e. The number of aliphatic hydroxyl groups is 1. The zero-order valence-corrected chi connectivity index (χ0v) is 20.1. The van der Waals surface area contributed by atoms with Crippen molar-refractivity contribution >= 4 is 6.09 Å². The molecule has 4 nitrogen and oxygen atoms in total. The van der Waals surface area contributed by atoms with Crippen LogP contribution in [-0.4, -0.2) is 24.4 Å². The highest BCUT2D eigenvalue weighted by Crippen LogP contribution is 2.16. The van der Waals surface area contributed by atoms with Gasteiger partial charge in [-0.25, -0.2) is 4.79 Å². The van der Waals surface area contributed by atoms with E-state index in [4.69, 9.17) is 9.84 Å². The number of aryl methyl sites for hydroxylation is 1. The van der Waals surface area contributed by atoms with Gasteiger partial charge in [-0.3, -0.25) is 0 Å². The molecule has 0 radical (unpaired) electrons. The van der Waals surface area contributed by atoms with Gasteiger partial charge >= 0.3 is 6.09 Å². The molecular weight excluding hydrogens is 374 g/mol. The molecular formula is C26H45NO3. The number of amides is 1. The Kier molecular flexibility index (Phi) is 21.3. The van der Waals surface area contributed by atoms with Crippen LogP contribution in [0.5, 0.6) is 0 Å². The van der Waals surface area contributed by atoms with Crippen molar-refractivity contribution in [2.45, 2.75) is 79.9 Å². The maximum atomic E-state index is 12.1. The van der Waals surface area contributed by atoms with Crippen LogP contribution in [0, 0.1) is 6.92 Å². The van der Waals surface area contributed by atoms with Gasteiger partial charge in [-0.15, -0.1) is 0 Å². The van der Waals surface area contributed by atoms with Crippen LogP contribution >= 0.6 is 0 Å². The van der Waals surface area contributed by atoms with Crippen molar-refractivity contribution in [2.75, 3.05) is 7.11 Å². The number of unbranched alkanes of at least 4 members (excludes halogenated alkanes) is 1. The van der Waals surface area contributed by atoms with Crippen LogP contribution in [0.2, 0.25) is 0 Å². The second-order valence-electron chi connectivity index (χ2n) is 6.14. The molecule has 0 unspecified atom stereocenters. The van der Waals surface area contributed by atoms with Crippen LogP contribution in [0.3, 0.4) is 0 Å². The molecule has 30 heavy (non-hydrogen) atoms. The van der Waals surface area contributed by atoms with Crippen LogP contribution in [0.25, 0.3) is 0 Å². The molecule has 0 aliphatic heterocycles. The summed E-state index contributed by atoms with van der Waals surface area (Å²) in [5.74, 6) is 0. The molecule has 0 saturated heterocycles. The van der Waals surface area contributed by atoms with E-state index < -0.39 is 0 Å². The summed E-state index contributed by atoms with van der Waals surface area (Å²) in [6.45, 7) is 12.7. The predicted octanol–water partition coefficient (Wildman–Crippen LogP) is 6.93. The third-order valence-corrected chi connectivity index (χ3v) is 4.14. The highest BCUT2D eigenvalue weighted by atomic mass is 16.6. The van der Waals surface area contributed by atoms with Crippen LogP contribution in [0.15, 0.2) is 54.6 Å². The number of hydrogen-bond acceptors (Lipinski definition) is 3. The highest BCUT2D eigenvalue weighted by Gasteiger charge is 2.15. The van der Waals surface area contributed by atoms with E-state index in [1.807, 2.05) is 70.2 Å². The second-order valence-corrected chi connectivity index (χ2v) is 6.14. The molecule has 1 atom stereocenters. The summed E-state index contributed by atoms with van der Waals surface area (Å²) in [7, 11) is 1.00. The summed E-state index contributed by atoms with van der Waals surface area (Å²) in [6.07, 6.45) is 3.40. The van der Waals surface area contributed by atoms with Crippen molar-refractivity contribution in [3.63, 3.8) is 0 Å².